The Morgan fingerprint density at radius 3 is 2.48 bits per heavy atom. The van der Waals surface area contributed by atoms with Gasteiger partial charge in [-0.2, -0.15) is 0 Å². The Hall–Kier alpha value is -1.28. The number of fused-ring (bicyclic) bond motifs is 1. The number of hydrogen-bond donors (Lipinski definition) is 0. The van der Waals surface area contributed by atoms with Gasteiger partial charge < -0.3 is 9.47 Å². The van der Waals surface area contributed by atoms with E-state index in [1.807, 2.05) is 6.92 Å². The molecule has 1 saturated heterocycles. The average molecular weight is 286 g/mol. The van der Waals surface area contributed by atoms with Crippen molar-refractivity contribution < 1.29 is 9.47 Å². The Bertz CT molecular complexity index is 512. The Morgan fingerprint density at radius 2 is 1.81 bits per heavy atom. The van der Waals surface area contributed by atoms with Crippen LogP contribution in [0.1, 0.15) is 52.2 Å². The van der Waals surface area contributed by atoms with Crippen LogP contribution in [0.15, 0.2) is 42.2 Å². The number of ether oxygens (including phenoxy) is 2. The van der Waals surface area contributed by atoms with Gasteiger partial charge in [0.25, 0.3) is 0 Å². The van der Waals surface area contributed by atoms with Gasteiger partial charge >= 0.3 is 0 Å². The van der Waals surface area contributed by atoms with E-state index in [4.69, 9.17) is 9.47 Å². The highest BCUT2D eigenvalue weighted by Crippen LogP contribution is 2.48. The lowest BCUT2D eigenvalue weighted by molar-refractivity contribution is -0.205. The van der Waals surface area contributed by atoms with Crippen LogP contribution in [0.4, 0.5) is 0 Å². The smallest absolute Gasteiger partial charge is 0.197 e. The van der Waals surface area contributed by atoms with Crippen molar-refractivity contribution in [3.05, 3.63) is 47.7 Å². The molecule has 1 aromatic carbocycles. The molecule has 1 fully saturated rings. The van der Waals surface area contributed by atoms with Crippen LogP contribution in [0.2, 0.25) is 0 Å². The molecule has 2 nitrogen and oxygen atoms in total. The van der Waals surface area contributed by atoms with Crippen molar-refractivity contribution in [2.75, 3.05) is 0 Å². The fourth-order valence-corrected chi connectivity index (χ4v) is 3.52. The highest BCUT2D eigenvalue weighted by atomic mass is 16.7. The molecule has 2 aliphatic rings. The van der Waals surface area contributed by atoms with E-state index < -0.39 is 0 Å². The van der Waals surface area contributed by atoms with E-state index in [1.165, 1.54) is 5.56 Å². The van der Waals surface area contributed by atoms with Gasteiger partial charge in [-0.25, -0.2) is 0 Å². The molecule has 0 saturated carbocycles. The molecule has 114 valence electrons. The van der Waals surface area contributed by atoms with Gasteiger partial charge in [0, 0.05) is 5.92 Å². The summed E-state index contributed by atoms with van der Waals surface area (Å²) in [6.45, 7) is 8.99. The standard InChI is InChI=1S/C19H26O2/c1-13-20-17-11-10-15(19(2,3)4)12-16(17)18(21-13)14-8-6-5-7-9-14/h5-9,11,13,15-16,18H,10,12H2,1-4H3. The first-order chi connectivity index (χ1) is 9.95. The summed E-state index contributed by atoms with van der Waals surface area (Å²) in [6.07, 6.45) is 4.51. The van der Waals surface area contributed by atoms with Crippen LogP contribution in [0.25, 0.3) is 0 Å². The second kappa shape index (κ2) is 5.49. The molecule has 0 aromatic heterocycles. The van der Waals surface area contributed by atoms with Gasteiger partial charge in [-0.15, -0.1) is 0 Å². The zero-order valence-electron chi connectivity index (χ0n) is 13.5. The van der Waals surface area contributed by atoms with Crippen molar-refractivity contribution in [3.8, 4) is 0 Å². The molecule has 21 heavy (non-hydrogen) atoms. The molecular formula is C19H26O2. The lowest BCUT2D eigenvalue weighted by Gasteiger charge is -2.44. The predicted molar refractivity (Wildman–Crippen MR) is 84.6 cm³/mol. The summed E-state index contributed by atoms with van der Waals surface area (Å²) >= 11 is 0. The lowest BCUT2D eigenvalue weighted by Crippen LogP contribution is -2.37. The fraction of sp³-hybridized carbons (Fsp3) is 0.579. The van der Waals surface area contributed by atoms with Gasteiger partial charge in [0.2, 0.25) is 0 Å². The van der Waals surface area contributed by atoms with E-state index in [-0.39, 0.29) is 12.4 Å². The average Bonchev–Trinajstić information content (AvgIpc) is 2.46. The number of rotatable bonds is 1. The van der Waals surface area contributed by atoms with Crippen LogP contribution >= 0.6 is 0 Å². The molecule has 1 aromatic rings. The van der Waals surface area contributed by atoms with Gasteiger partial charge in [-0.1, -0.05) is 51.1 Å². The molecule has 1 aliphatic heterocycles. The van der Waals surface area contributed by atoms with E-state index in [1.54, 1.807) is 0 Å². The molecule has 0 radical (unpaired) electrons. The molecular weight excluding hydrogens is 260 g/mol. The quantitative estimate of drug-likeness (QED) is 0.717. The van der Waals surface area contributed by atoms with Crippen LogP contribution in [-0.4, -0.2) is 6.29 Å². The maximum absolute atomic E-state index is 6.14. The Morgan fingerprint density at radius 1 is 1.10 bits per heavy atom. The van der Waals surface area contributed by atoms with E-state index in [0.29, 0.717) is 17.3 Å². The van der Waals surface area contributed by atoms with E-state index in [0.717, 1.165) is 18.6 Å². The van der Waals surface area contributed by atoms with Crippen molar-refractivity contribution in [3.63, 3.8) is 0 Å². The summed E-state index contributed by atoms with van der Waals surface area (Å²) in [7, 11) is 0. The molecule has 0 N–H and O–H groups in total. The molecule has 1 heterocycles. The zero-order chi connectivity index (χ0) is 15.0. The second-order valence-electron chi connectivity index (χ2n) is 7.40. The second-order valence-corrected chi connectivity index (χ2v) is 7.40. The van der Waals surface area contributed by atoms with Crippen molar-refractivity contribution in [1.82, 2.24) is 0 Å². The van der Waals surface area contributed by atoms with E-state index in [2.05, 4.69) is 57.2 Å². The molecule has 4 atom stereocenters. The van der Waals surface area contributed by atoms with Crippen LogP contribution in [0.5, 0.6) is 0 Å². The van der Waals surface area contributed by atoms with Crippen molar-refractivity contribution in [2.45, 2.75) is 52.9 Å². The van der Waals surface area contributed by atoms with E-state index in [9.17, 15) is 0 Å². The summed E-state index contributed by atoms with van der Waals surface area (Å²) in [4.78, 5) is 0. The third-order valence-electron chi connectivity index (χ3n) is 4.87. The first-order valence-corrected chi connectivity index (χ1v) is 8.02. The monoisotopic (exact) mass is 286 g/mol. The highest BCUT2D eigenvalue weighted by molar-refractivity contribution is 5.23. The first-order valence-electron chi connectivity index (χ1n) is 8.02. The minimum Gasteiger partial charge on any atom is -0.470 e. The van der Waals surface area contributed by atoms with Gasteiger partial charge in [0.15, 0.2) is 6.29 Å². The van der Waals surface area contributed by atoms with Crippen molar-refractivity contribution in [2.24, 2.45) is 17.3 Å². The topological polar surface area (TPSA) is 18.5 Å². The maximum atomic E-state index is 6.14. The SMILES string of the molecule is CC1OC2=CCC(C(C)(C)C)CC2C(c2ccccc2)O1. The Balaban J connectivity index is 1.90. The third kappa shape index (κ3) is 3.01. The Labute approximate surface area is 128 Å². The largest absolute Gasteiger partial charge is 0.470 e. The van der Waals surface area contributed by atoms with Crippen LogP contribution in [-0.2, 0) is 9.47 Å². The molecule has 3 rings (SSSR count). The normalized spacial score (nSPS) is 32.9. The lowest BCUT2D eigenvalue weighted by atomic mass is 9.69. The Kier molecular flexibility index (Phi) is 3.83. The number of benzene rings is 1. The van der Waals surface area contributed by atoms with Crippen LogP contribution < -0.4 is 0 Å². The van der Waals surface area contributed by atoms with E-state index >= 15 is 0 Å². The summed E-state index contributed by atoms with van der Waals surface area (Å²) in [5.41, 5.74) is 1.59. The molecule has 0 bridgehead atoms. The molecule has 1 aliphatic carbocycles. The third-order valence-corrected chi connectivity index (χ3v) is 4.87. The van der Waals surface area contributed by atoms with Gasteiger partial charge in [-0.3, -0.25) is 0 Å². The predicted octanol–water partition coefficient (Wildman–Crippen LogP) is 5.08. The molecule has 0 spiro atoms. The zero-order valence-corrected chi connectivity index (χ0v) is 13.5. The molecule has 4 unspecified atom stereocenters. The highest BCUT2D eigenvalue weighted by Gasteiger charge is 2.41. The van der Waals surface area contributed by atoms with Crippen LogP contribution in [0, 0.1) is 17.3 Å². The summed E-state index contributed by atoms with van der Waals surface area (Å²) in [6, 6.07) is 10.6. The van der Waals surface area contributed by atoms with Gasteiger partial charge in [-0.05, 0) is 42.7 Å². The minimum atomic E-state index is -0.163. The minimum absolute atomic E-state index is 0.117. The molecule has 2 heteroatoms. The maximum Gasteiger partial charge on any atom is 0.197 e. The molecule has 0 amide bonds. The van der Waals surface area contributed by atoms with Crippen LogP contribution in [0.3, 0.4) is 0 Å². The van der Waals surface area contributed by atoms with Crippen molar-refractivity contribution in [1.29, 1.82) is 0 Å². The van der Waals surface area contributed by atoms with Crippen molar-refractivity contribution >= 4 is 0 Å². The summed E-state index contributed by atoms with van der Waals surface area (Å²) in [5, 5.41) is 0. The van der Waals surface area contributed by atoms with Gasteiger partial charge in [0.05, 0.1) is 6.10 Å². The fourth-order valence-electron chi connectivity index (χ4n) is 3.52. The number of allylic oxidation sites excluding steroid dienone is 1. The van der Waals surface area contributed by atoms with Gasteiger partial charge in [0.1, 0.15) is 5.76 Å². The summed E-state index contributed by atoms with van der Waals surface area (Å²) < 4.78 is 12.1. The number of hydrogen-bond acceptors (Lipinski definition) is 2. The summed E-state index contributed by atoms with van der Waals surface area (Å²) in [5.74, 6) is 2.17. The first kappa shape index (κ1) is 14.6.